The van der Waals surface area contributed by atoms with E-state index in [2.05, 4.69) is 46.8 Å². The fourth-order valence-electron chi connectivity index (χ4n) is 14.3. The summed E-state index contributed by atoms with van der Waals surface area (Å²) in [6.45, 7) is 15.2. The van der Waals surface area contributed by atoms with Gasteiger partial charge in [0, 0.05) is 22.2 Å². The maximum Gasteiger partial charge on any atom is 0.187 e. The summed E-state index contributed by atoms with van der Waals surface area (Å²) >= 11 is 0. The molecule has 0 amide bonds. The summed E-state index contributed by atoms with van der Waals surface area (Å²) < 4.78 is 31.2. The third-order valence-electron chi connectivity index (χ3n) is 17.9. The Bertz CT molecular complexity index is 1490. The van der Waals surface area contributed by atoms with E-state index in [-0.39, 0.29) is 51.4 Å². The topological polar surface area (TPSA) is 208 Å². The Labute approximate surface area is 325 Å². The van der Waals surface area contributed by atoms with E-state index in [1.807, 2.05) is 6.92 Å². The van der Waals surface area contributed by atoms with Gasteiger partial charge in [-0.3, -0.25) is 0 Å². The zero-order chi connectivity index (χ0) is 39.9. The van der Waals surface area contributed by atoms with Crippen LogP contribution in [0.15, 0.2) is 12.2 Å². The summed E-state index contributed by atoms with van der Waals surface area (Å²) in [6.07, 6.45) is -3.55. The van der Waals surface area contributed by atoms with E-state index in [0.717, 1.165) is 38.5 Å². The SMILES string of the molecule is C[C@H]1O[C@@H](O[C@H]2[C@@H](O)[C@@H](CO)O[C@@H](O[C@H]3CC[C@]4(C)C5C=CC67OCC8(CCC(C)(C)CC86)[C@H](O)C[C@@]7(C)[C@]5(C)CC[C@H]4[C@]3(C)CO)[C@@H]2O)[C@H](O)[C@@H](O)[C@@H]1O. The Morgan fingerprint density at radius 1 is 0.727 bits per heavy atom. The molecule has 3 aliphatic heterocycles. The Morgan fingerprint density at radius 3 is 2.13 bits per heavy atom. The molecule has 0 aromatic carbocycles. The number of fused-ring (bicyclic) bond motifs is 4. The number of rotatable bonds is 6. The van der Waals surface area contributed by atoms with Crippen molar-refractivity contribution in [2.45, 2.75) is 179 Å². The molecule has 3 heterocycles. The van der Waals surface area contributed by atoms with Crippen molar-refractivity contribution in [2.24, 2.45) is 50.2 Å². The molecule has 0 aromatic heterocycles. The quantitative estimate of drug-likeness (QED) is 0.143. The van der Waals surface area contributed by atoms with Crippen LogP contribution in [0.25, 0.3) is 0 Å². The van der Waals surface area contributed by atoms with Gasteiger partial charge in [-0.05, 0) is 86.4 Å². The minimum atomic E-state index is -1.67. The van der Waals surface area contributed by atoms with Crippen LogP contribution in [0, 0.1) is 50.2 Å². The average Bonchev–Trinajstić information content (AvgIpc) is 3.41. The first-order valence-electron chi connectivity index (χ1n) is 20.9. The number of ether oxygens (including phenoxy) is 5. The molecule has 0 radical (unpaired) electrons. The first kappa shape index (κ1) is 41.0. The van der Waals surface area contributed by atoms with Gasteiger partial charge in [0.1, 0.15) is 42.7 Å². The standard InChI is InChI=1S/C42H68O13/c1-21-28(46)30(48)31(49)34(52-21)55-33-29(47)22(18-43)53-35(32(33)50)54-27-10-11-37(4)23(38(27,5)19-44)8-12-39(6)24(37)9-13-42-25-16-36(2,3)14-15-41(25,20-51-42)26(45)17-40(39,42)7/h9,13,21-35,43-50H,8,10-12,14-20H2,1-7H3/t21-,22-,23-,24?,25?,26-,27+,28-,29+,30+,31-,32-,33+,34+,35+,37+,38+,39-,40+,41?,42?/m1/s1. The van der Waals surface area contributed by atoms with Crippen molar-refractivity contribution < 1.29 is 64.5 Å². The minimum Gasteiger partial charge on any atom is -0.396 e. The van der Waals surface area contributed by atoms with Crippen molar-refractivity contribution in [3.8, 4) is 0 Å². The summed E-state index contributed by atoms with van der Waals surface area (Å²) in [5.74, 6) is 0.401. The molecule has 7 fully saturated rings. The van der Waals surface area contributed by atoms with Crippen LogP contribution in [-0.4, -0.2) is 140 Å². The van der Waals surface area contributed by atoms with Crippen LogP contribution in [0.2, 0.25) is 0 Å². The van der Waals surface area contributed by atoms with Gasteiger partial charge in [0.2, 0.25) is 0 Å². The minimum absolute atomic E-state index is 0.0158. The summed E-state index contributed by atoms with van der Waals surface area (Å²) in [5, 5.41) is 87.5. The molecule has 314 valence electrons. The van der Waals surface area contributed by atoms with Gasteiger partial charge in [-0.25, -0.2) is 0 Å². The van der Waals surface area contributed by atoms with Crippen LogP contribution in [0.3, 0.4) is 0 Å². The van der Waals surface area contributed by atoms with E-state index in [1.165, 1.54) is 6.92 Å². The molecule has 0 aromatic rings. The molecule has 3 saturated heterocycles. The fourth-order valence-corrected chi connectivity index (χ4v) is 14.3. The van der Waals surface area contributed by atoms with Gasteiger partial charge in [-0.15, -0.1) is 0 Å². The molecule has 55 heavy (non-hydrogen) atoms. The molecular weight excluding hydrogens is 712 g/mol. The van der Waals surface area contributed by atoms with Crippen molar-refractivity contribution in [1.29, 1.82) is 0 Å². The molecular formula is C42H68O13. The summed E-state index contributed by atoms with van der Waals surface area (Å²) in [6, 6.07) is 0. The van der Waals surface area contributed by atoms with Crippen LogP contribution in [0.5, 0.6) is 0 Å². The van der Waals surface area contributed by atoms with Gasteiger partial charge in [-0.2, -0.15) is 0 Å². The molecule has 13 heteroatoms. The monoisotopic (exact) mass is 780 g/mol. The van der Waals surface area contributed by atoms with E-state index in [0.29, 0.717) is 19.4 Å². The van der Waals surface area contributed by atoms with Crippen LogP contribution in [0.4, 0.5) is 0 Å². The Morgan fingerprint density at radius 2 is 1.44 bits per heavy atom. The molecule has 8 N–H and O–H groups in total. The average molecular weight is 781 g/mol. The lowest BCUT2D eigenvalue weighted by molar-refractivity contribution is -0.368. The summed E-state index contributed by atoms with van der Waals surface area (Å²) in [4.78, 5) is 0. The highest BCUT2D eigenvalue weighted by Crippen LogP contribution is 2.79. The van der Waals surface area contributed by atoms with Crippen LogP contribution < -0.4 is 0 Å². The molecule has 21 atom stereocenters. The van der Waals surface area contributed by atoms with Crippen molar-refractivity contribution in [3.05, 3.63) is 12.2 Å². The van der Waals surface area contributed by atoms with E-state index in [4.69, 9.17) is 23.7 Å². The second kappa shape index (κ2) is 13.4. The highest BCUT2D eigenvalue weighted by Gasteiger charge is 2.79. The Kier molecular flexibility index (Phi) is 9.95. The molecule has 4 saturated carbocycles. The second-order valence-electron chi connectivity index (χ2n) is 21.0. The van der Waals surface area contributed by atoms with E-state index >= 15 is 0 Å². The predicted octanol–water partition coefficient (Wildman–Crippen LogP) is 1.78. The summed E-state index contributed by atoms with van der Waals surface area (Å²) in [5.41, 5.74) is -2.00. The lowest BCUT2D eigenvalue weighted by Crippen LogP contribution is -2.72. The third-order valence-corrected chi connectivity index (χ3v) is 17.9. The first-order valence-corrected chi connectivity index (χ1v) is 20.9. The Balaban J connectivity index is 1.06. The molecule has 5 aliphatic carbocycles. The second-order valence-corrected chi connectivity index (χ2v) is 21.0. The largest absolute Gasteiger partial charge is 0.396 e. The van der Waals surface area contributed by atoms with Crippen LogP contribution >= 0.6 is 0 Å². The van der Waals surface area contributed by atoms with Crippen molar-refractivity contribution in [3.63, 3.8) is 0 Å². The molecule has 8 rings (SSSR count). The molecule has 2 bridgehead atoms. The maximum absolute atomic E-state index is 12.1. The van der Waals surface area contributed by atoms with Crippen molar-refractivity contribution in [1.82, 2.24) is 0 Å². The maximum atomic E-state index is 12.1. The number of hydrogen-bond acceptors (Lipinski definition) is 13. The highest BCUT2D eigenvalue weighted by molar-refractivity contribution is 5.36. The van der Waals surface area contributed by atoms with Crippen LogP contribution in [0.1, 0.15) is 99.8 Å². The number of allylic oxidation sites excluding steroid dienone is 1. The smallest absolute Gasteiger partial charge is 0.187 e. The van der Waals surface area contributed by atoms with Gasteiger partial charge in [-0.1, -0.05) is 53.7 Å². The number of aliphatic hydroxyl groups excluding tert-OH is 8. The van der Waals surface area contributed by atoms with Gasteiger partial charge in [0.05, 0.1) is 43.7 Å². The zero-order valence-electron chi connectivity index (χ0n) is 33.7. The van der Waals surface area contributed by atoms with Crippen molar-refractivity contribution >= 4 is 0 Å². The van der Waals surface area contributed by atoms with E-state index < -0.39 is 91.2 Å². The van der Waals surface area contributed by atoms with Gasteiger partial charge >= 0.3 is 0 Å². The normalized spacial score (nSPS) is 59.7. The number of aliphatic hydroxyl groups is 8. The van der Waals surface area contributed by atoms with E-state index in [1.54, 1.807) is 0 Å². The molecule has 13 nitrogen and oxygen atoms in total. The molecule has 4 unspecified atom stereocenters. The lowest BCUT2D eigenvalue weighted by atomic mass is 9.32. The third kappa shape index (κ3) is 5.44. The predicted molar refractivity (Wildman–Crippen MR) is 197 cm³/mol. The lowest BCUT2D eigenvalue weighted by Gasteiger charge is -2.73. The fraction of sp³-hybridized carbons (Fsp3) is 0.952. The van der Waals surface area contributed by atoms with E-state index in [9.17, 15) is 40.9 Å². The Hall–Kier alpha value is -0.780. The molecule has 8 aliphatic rings. The van der Waals surface area contributed by atoms with Crippen LogP contribution in [-0.2, 0) is 23.7 Å². The van der Waals surface area contributed by atoms with Gasteiger partial charge < -0.3 is 64.5 Å². The first-order chi connectivity index (χ1) is 25.7. The number of hydrogen-bond donors (Lipinski definition) is 8. The van der Waals surface area contributed by atoms with Crippen molar-refractivity contribution in [2.75, 3.05) is 19.8 Å². The molecule has 1 spiro atoms. The zero-order valence-corrected chi connectivity index (χ0v) is 33.7. The summed E-state index contributed by atoms with van der Waals surface area (Å²) in [7, 11) is 0. The van der Waals surface area contributed by atoms with Gasteiger partial charge in [0.15, 0.2) is 12.6 Å². The highest BCUT2D eigenvalue weighted by atomic mass is 16.7. The van der Waals surface area contributed by atoms with Gasteiger partial charge in [0.25, 0.3) is 0 Å².